The minimum absolute atomic E-state index is 0.00676. The van der Waals surface area contributed by atoms with Gasteiger partial charge in [0.25, 0.3) is 0 Å². The Bertz CT molecular complexity index is 613. The average molecular weight is 343 g/mol. The van der Waals surface area contributed by atoms with E-state index in [1.807, 2.05) is 56.3 Å². The third-order valence-corrected chi connectivity index (χ3v) is 4.68. The smallest absolute Gasteiger partial charge is 0.221 e. The second-order valence-electron chi connectivity index (χ2n) is 5.58. The third-order valence-electron chi connectivity index (χ3n) is 3.65. The number of carbonyl (C=O) groups is 1. The zero-order valence-corrected chi connectivity index (χ0v) is 15.1. The van der Waals surface area contributed by atoms with E-state index in [0.29, 0.717) is 13.0 Å². The molecule has 2 aromatic carbocycles. The first-order chi connectivity index (χ1) is 11.7. The Morgan fingerprint density at radius 2 is 1.83 bits per heavy atom. The van der Waals surface area contributed by atoms with Crippen molar-refractivity contribution in [2.24, 2.45) is 0 Å². The van der Waals surface area contributed by atoms with E-state index in [1.54, 1.807) is 11.8 Å². The van der Waals surface area contributed by atoms with Gasteiger partial charge in [-0.1, -0.05) is 42.5 Å². The van der Waals surface area contributed by atoms with Gasteiger partial charge >= 0.3 is 0 Å². The van der Waals surface area contributed by atoms with E-state index < -0.39 is 0 Å². The molecule has 1 atom stereocenters. The predicted molar refractivity (Wildman–Crippen MR) is 101 cm³/mol. The molecule has 0 saturated heterocycles. The number of amides is 1. The molecule has 128 valence electrons. The SMILES string of the molecule is CCOc1ccc(C(C)NC(=O)CCSCc2ccccc2)cc1. The molecule has 3 nitrogen and oxygen atoms in total. The molecule has 1 amide bonds. The molecule has 0 spiro atoms. The van der Waals surface area contributed by atoms with E-state index in [0.717, 1.165) is 22.8 Å². The van der Waals surface area contributed by atoms with Crippen molar-refractivity contribution in [3.63, 3.8) is 0 Å². The summed E-state index contributed by atoms with van der Waals surface area (Å²) in [4.78, 5) is 12.1. The molecule has 1 unspecified atom stereocenters. The van der Waals surface area contributed by atoms with Gasteiger partial charge in [0.1, 0.15) is 5.75 Å². The minimum atomic E-state index is 0.00676. The van der Waals surface area contributed by atoms with E-state index in [9.17, 15) is 4.79 Å². The lowest BCUT2D eigenvalue weighted by Gasteiger charge is -2.15. The fraction of sp³-hybridized carbons (Fsp3) is 0.350. The quantitative estimate of drug-likeness (QED) is 0.677. The highest BCUT2D eigenvalue weighted by atomic mass is 32.2. The van der Waals surface area contributed by atoms with E-state index >= 15 is 0 Å². The van der Waals surface area contributed by atoms with Crippen molar-refractivity contribution in [1.29, 1.82) is 0 Å². The zero-order valence-electron chi connectivity index (χ0n) is 14.3. The fourth-order valence-electron chi connectivity index (χ4n) is 2.35. The number of nitrogens with one attached hydrogen (secondary N) is 1. The first-order valence-electron chi connectivity index (χ1n) is 8.33. The average Bonchev–Trinajstić information content (AvgIpc) is 2.60. The first-order valence-corrected chi connectivity index (χ1v) is 9.48. The normalized spacial score (nSPS) is 11.8. The summed E-state index contributed by atoms with van der Waals surface area (Å²) in [7, 11) is 0. The lowest BCUT2D eigenvalue weighted by Crippen LogP contribution is -2.26. The van der Waals surface area contributed by atoms with Crippen LogP contribution in [0.1, 0.15) is 37.4 Å². The molecule has 2 aromatic rings. The van der Waals surface area contributed by atoms with Crippen molar-refractivity contribution in [3.8, 4) is 5.75 Å². The maximum atomic E-state index is 12.1. The monoisotopic (exact) mass is 343 g/mol. The van der Waals surface area contributed by atoms with Gasteiger partial charge in [0, 0.05) is 17.9 Å². The molecule has 0 aliphatic carbocycles. The molecule has 0 heterocycles. The molecule has 2 rings (SSSR count). The summed E-state index contributed by atoms with van der Waals surface area (Å²) in [6.45, 7) is 4.63. The van der Waals surface area contributed by atoms with Crippen LogP contribution in [0.4, 0.5) is 0 Å². The van der Waals surface area contributed by atoms with Gasteiger partial charge in [-0.25, -0.2) is 0 Å². The topological polar surface area (TPSA) is 38.3 Å². The molecule has 0 fully saturated rings. The van der Waals surface area contributed by atoms with Gasteiger partial charge in [0.05, 0.1) is 12.6 Å². The molecule has 0 aliphatic rings. The van der Waals surface area contributed by atoms with E-state index in [2.05, 4.69) is 17.4 Å². The van der Waals surface area contributed by atoms with Gasteiger partial charge in [0.15, 0.2) is 0 Å². The van der Waals surface area contributed by atoms with Crippen molar-refractivity contribution in [1.82, 2.24) is 5.32 Å². The molecule has 0 radical (unpaired) electrons. The van der Waals surface area contributed by atoms with Crippen LogP contribution in [0.5, 0.6) is 5.75 Å². The maximum Gasteiger partial charge on any atom is 0.221 e. The van der Waals surface area contributed by atoms with Crippen molar-refractivity contribution >= 4 is 17.7 Å². The molecule has 0 aromatic heterocycles. The van der Waals surface area contributed by atoms with Crippen LogP contribution in [0.15, 0.2) is 54.6 Å². The largest absolute Gasteiger partial charge is 0.494 e. The van der Waals surface area contributed by atoms with Crippen LogP contribution in [0.2, 0.25) is 0 Å². The van der Waals surface area contributed by atoms with Crippen molar-refractivity contribution in [3.05, 3.63) is 65.7 Å². The van der Waals surface area contributed by atoms with Gasteiger partial charge in [-0.3, -0.25) is 4.79 Å². The summed E-state index contributed by atoms with van der Waals surface area (Å²) in [6, 6.07) is 18.2. The number of hydrogen-bond donors (Lipinski definition) is 1. The summed E-state index contributed by atoms with van der Waals surface area (Å²) in [6.07, 6.45) is 0.541. The number of ether oxygens (including phenoxy) is 1. The van der Waals surface area contributed by atoms with Crippen LogP contribution in [-0.2, 0) is 10.5 Å². The molecule has 4 heteroatoms. The van der Waals surface area contributed by atoms with Crippen molar-refractivity contribution < 1.29 is 9.53 Å². The lowest BCUT2D eigenvalue weighted by atomic mass is 10.1. The van der Waals surface area contributed by atoms with Gasteiger partial charge in [0.2, 0.25) is 5.91 Å². The van der Waals surface area contributed by atoms with Crippen LogP contribution in [0, 0.1) is 0 Å². The van der Waals surface area contributed by atoms with Crippen LogP contribution in [0.25, 0.3) is 0 Å². The van der Waals surface area contributed by atoms with Gasteiger partial charge in [-0.2, -0.15) is 11.8 Å². The summed E-state index contributed by atoms with van der Waals surface area (Å²) in [5.74, 6) is 2.73. The Morgan fingerprint density at radius 3 is 2.50 bits per heavy atom. The van der Waals surface area contributed by atoms with Crippen LogP contribution in [0.3, 0.4) is 0 Å². The Kier molecular flexibility index (Phi) is 7.69. The third kappa shape index (κ3) is 6.28. The summed E-state index contributed by atoms with van der Waals surface area (Å²) in [5, 5.41) is 3.05. The number of hydrogen-bond acceptors (Lipinski definition) is 3. The minimum Gasteiger partial charge on any atom is -0.494 e. The highest BCUT2D eigenvalue weighted by molar-refractivity contribution is 7.98. The lowest BCUT2D eigenvalue weighted by molar-refractivity contribution is -0.121. The second-order valence-corrected chi connectivity index (χ2v) is 6.68. The second kappa shape index (κ2) is 10.0. The maximum absolute atomic E-state index is 12.1. The Morgan fingerprint density at radius 1 is 1.12 bits per heavy atom. The molecule has 24 heavy (non-hydrogen) atoms. The standard InChI is InChI=1S/C20H25NO2S/c1-3-23-19-11-9-18(10-12-19)16(2)21-20(22)13-14-24-15-17-7-5-4-6-8-17/h4-12,16H,3,13-15H2,1-2H3,(H,21,22). The number of benzene rings is 2. The Balaban J connectivity index is 1.69. The van der Waals surface area contributed by atoms with E-state index in [4.69, 9.17) is 4.74 Å². The molecule has 0 aliphatic heterocycles. The molecule has 0 saturated carbocycles. The van der Waals surface area contributed by atoms with Gasteiger partial charge in [-0.15, -0.1) is 0 Å². The molecule has 0 bridgehead atoms. The molecule has 1 N–H and O–H groups in total. The number of thioether (sulfide) groups is 1. The molecular weight excluding hydrogens is 318 g/mol. The van der Waals surface area contributed by atoms with Gasteiger partial charge in [-0.05, 0) is 37.1 Å². The zero-order chi connectivity index (χ0) is 17.2. The Hall–Kier alpha value is -1.94. The summed E-state index contributed by atoms with van der Waals surface area (Å²) >= 11 is 1.79. The van der Waals surface area contributed by atoms with Crippen LogP contribution < -0.4 is 10.1 Å². The van der Waals surface area contributed by atoms with Crippen molar-refractivity contribution in [2.75, 3.05) is 12.4 Å². The van der Waals surface area contributed by atoms with E-state index in [-0.39, 0.29) is 11.9 Å². The first kappa shape index (κ1) is 18.4. The fourth-order valence-corrected chi connectivity index (χ4v) is 3.25. The van der Waals surface area contributed by atoms with E-state index in [1.165, 1.54) is 5.56 Å². The predicted octanol–water partition coefficient (Wildman–Crippen LogP) is 4.59. The Labute approximate surface area is 148 Å². The van der Waals surface area contributed by atoms with Crippen molar-refractivity contribution in [2.45, 2.75) is 32.1 Å². The summed E-state index contributed by atoms with van der Waals surface area (Å²) < 4.78 is 5.43. The highest BCUT2D eigenvalue weighted by Gasteiger charge is 2.09. The van der Waals surface area contributed by atoms with Crippen LogP contribution in [-0.4, -0.2) is 18.3 Å². The van der Waals surface area contributed by atoms with Gasteiger partial charge < -0.3 is 10.1 Å². The van der Waals surface area contributed by atoms with Crippen LogP contribution >= 0.6 is 11.8 Å². The number of rotatable bonds is 9. The highest BCUT2D eigenvalue weighted by Crippen LogP contribution is 2.18. The number of carbonyl (C=O) groups excluding carboxylic acids is 1. The summed E-state index contributed by atoms with van der Waals surface area (Å²) in [5.41, 5.74) is 2.38. The molecular formula is C20H25NO2S.